The molecule has 1 aliphatic heterocycles. The van der Waals surface area contributed by atoms with E-state index < -0.39 is 22.1 Å². The number of hydrogen-bond acceptors (Lipinski definition) is 6. The van der Waals surface area contributed by atoms with Crippen molar-refractivity contribution < 1.29 is 23.4 Å². The maximum Gasteiger partial charge on any atom is 0.323 e. The molecule has 0 unspecified atom stereocenters. The lowest BCUT2D eigenvalue weighted by molar-refractivity contribution is -0.140. The third-order valence-corrected chi connectivity index (χ3v) is 10.9. The molecule has 1 heterocycles. The molecule has 0 saturated heterocycles. The maximum absolute atomic E-state index is 13.9. The highest BCUT2D eigenvalue weighted by atomic mass is 32.3. The van der Waals surface area contributed by atoms with Crippen molar-refractivity contribution in [3.05, 3.63) is 47.8 Å². The molecule has 9 heteroatoms. The number of carbonyl (C=O) groups is 1. The molecule has 0 bridgehead atoms. The van der Waals surface area contributed by atoms with Crippen molar-refractivity contribution in [1.82, 2.24) is 5.32 Å². The molecule has 1 fully saturated rings. The molecule has 4 N–H and O–H groups in total. The Morgan fingerprint density at radius 1 is 1.11 bits per heavy atom. The Labute approximate surface area is 231 Å². The van der Waals surface area contributed by atoms with Crippen LogP contribution in [0.15, 0.2) is 46.2 Å². The lowest BCUT2D eigenvalue weighted by Crippen LogP contribution is -2.38. The van der Waals surface area contributed by atoms with Gasteiger partial charge in [0.2, 0.25) is 0 Å². The highest BCUT2D eigenvalue weighted by Crippen LogP contribution is 2.61. The van der Waals surface area contributed by atoms with E-state index in [1.165, 1.54) is 12.1 Å². The van der Waals surface area contributed by atoms with Gasteiger partial charge >= 0.3 is 5.97 Å². The minimum absolute atomic E-state index is 0.287. The van der Waals surface area contributed by atoms with E-state index in [4.69, 9.17) is 0 Å². The third-order valence-electron chi connectivity index (χ3n) is 8.04. The van der Waals surface area contributed by atoms with Crippen molar-refractivity contribution >= 4 is 39.7 Å². The minimum Gasteiger partial charge on any atom is -0.480 e. The predicted octanol–water partition coefficient (Wildman–Crippen LogP) is 7.88. The monoisotopic (exact) mass is 564 g/mol. The van der Waals surface area contributed by atoms with Crippen molar-refractivity contribution in [2.75, 3.05) is 23.5 Å². The first-order valence-corrected chi connectivity index (χ1v) is 16.5. The third kappa shape index (κ3) is 6.17. The molecule has 4 rings (SSSR count). The number of benzene rings is 2. The summed E-state index contributed by atoms with van der Waals surface area (Å²) in [6.45, 7) is 5.26. The number of rotatable bonds is 12. The summed E-state index contributed by atoms with van der Waals surface area (Å²) in [6, 6.07) is 10.3. The Morgan fingerprint density at radius 2 is 1.74 bits per heavy atom. The molecule has 2 aliphatic rings. The van der Waals surface area contributed by atoms with E-state index in [2.05, 4.69) is 24.1 Å². The Kier molecular flexibility index (Phi) is 9.04. The van der Waals surface area contributed by atoms with Crippen LogP contribution in [0.4, 0.5) is 15.8 Å². The zero-order chi connectivity index (χ0) is 27.6. The number of unbranched alkanes of at least 4 members (excludes halogenated alkanes) is 2. The van der Waals surface area contributed by atoms with E-state index in [1.807, 2.05) is 18.4 Å². The average molecular weight is 565 g/mol. The fourth-order valence-electron chi connectivity index (χ4n) is 5.60. The number of hydrogen-bond donors (Lipinski definition) is 4. The number of carboxylic acid groups (broad SMARTS) is 1. The van der Waals surface area contributed by atoms with Crippen LogP contribution in [0.5, 0.6) is 0 Å². The summed E-state index contributed by atoms with van der Waals surface area (Å²) < 4.78 is 37.5. The van der Waals surface area contributed by atoms with Gasteiger partial charge in [-0.1, -0.05) is 39.5 Å². The Bertz CT molecular complexity index is 1130. The average Bonchev–Trinajstić information content (AvgIpc) is 3.70. The molecule has 0 amide bonds. The minimum atomic E-state index is -3.17. The number of nitrogens with zero attached hydrogens (tertiary/aromatic N) is 1. The summed E-state index contributed by atoms with van der Waals surface area (Å²) >= 11 is 1.55. The van der Waals surface area contributed by atoms with Crippen molar-refractivity contribution in [2.45, 2.75) is 87.1 Å². The normalized spacial score (nSPS) is 19.9. The number of halogens is 1. The summed E-state index contributed by atoms with van der Waals surface area (Å²) in [6.07, 6.45) is 8.96. The van der Waals surface area contributed by atoms with E-state index in [9.17, 15) is 23.4 Å². The van der Waals surface area contributed by atoms with Crippen molar-refractivity contribution in [1.29, 1.82) is 0 Å². The predicted molar refractivity (Wildman–Crippen MR) is 156 cm³/mol. The van der Waals surface area contributed by atoms with Crippen LogP contribution in [-0.4, -0.2) is 44.3 Å². The van der Waals surface area contributed by atoms with Crippen molar-refractivity contribution in [3.8, 4) is 0 Å². The van der Waals surface area contributed by atoms with Gasteiger partial charge in [-0.3, -0.25) is 19.2 Å². The smallest absolute Gasteiger partial charge is 0.323 e. The van der Waals surface area contributed by atoms with Gasteiger partial charge in [-0.05, 0) is 73.9 Å². The number of fused-ring (bicyclic) bond motifs is 1. The van der Waals surface area contributed by atoms with Gasteiger partial charge in [0.05, 0.1) is 10.6 Å². The van der Waals surface area contributed by atoms with E-state index >= 15 is 0 Å². The second-order valence-corrected chi connectivity index (χ2v) is 13.9. The van der Waals surface area contributed by atoms with E-state index in [0.717, 1.165) is 60.4 Å². The summed E-state index contributed by atoms with van der Waals surface area (Å²) in [4.78, 5) is 15.3. The van der Waals surface area contributed by atoms with Gasteiger partial charge in [0.25, 0.3) is 0 Å². The number of thioether (sulfide) groups is 1. The Balaban J connectivity index is 1.83. The molecule has 0 aromatic heterocycles. The van der Waals surface area contributed by atoms with Gasteiger partial charge in [0, 0.05) is 34.8 Å². The first-order chi connectivity index (χ1) is 18.1. The zero-order valence-electron chi connectivity index (χ0n) is 22.6. The molecular formula is C29H41FN2O4S2. The van der Waals surface area contributed by atoms with Gasteiger partial charge in [0.15, 0.2) is 0 Å². The molecule has 0 radical (unpaired) electrons. The van der Waals surface area contributed by atoms with Crippen LogP contribution in [0.2, 0.25) is 0 Å². The number of carboxylic acids is 1. The van der Waals surface area contributed by atoms with Crippen LogP contribution in [-0.2, 0) is 11.3 Å². The van der Waals surface area contributed by atoms with Crippen molar-refractivity contribution in [2.24, 2.45) is 5.41 Å². The lowest BCUT2D eigenvalue weighted by atomic mass is 9.79. The number of nitrogens with one attached hydrogen (secondary N) is 1. The van der Waals surface area contributed by atoms with E-state index in [-0.39, 0.29) is 17.0 Å². The van der Waals surface area contributed by atoms with Crippen LogP contribution >= 0.6 is 22.4 Å². The molecule has 2 aromatic rings. The first kappa shape index (κ1) is 29.2. The van der Waals surface area contributed by atoms with Gasteiger partial charge in [-0.15, -0.1) is 11.8 Å². The fraction of sp³-hybridized carbons (Fsp3) is 0.552. The van der Waals surface area contributed by atoms with Crippen LogP contribution in [0.25, 0.3) is 0 Å². The molecule has 0 atom stereocenters. The first-order valence-electron chi connectivity index (χ1n) is 13.6. The summed E-state index contributed by atoms with van der Waals surface area (Å²) in [5.74, 6) is -0.869. The maximum atomic E-state index is 13.9. The molecule has 0 spiro atoms. The number of anilines is 2. The van der Waals surface area contributed by atoms with Gasteiger partial charge in [0.1, 0.15) is 11.4 Å². The Hall–Kier alpha value is -1.78. The SMILES string of the molecule is CCCCC1(CCCC)CN(c2ccc(F)cc2)c2cc(SC)c(CNC3(C(=O)O)CC3)cc2S(O)(O)C1. The number of aliphatic carboxylic acids is 1. The van der Waals surface area contributed by atoms with Crippen LogP contribution in [0.1, 0.15) is 70.8 Å². The molecule has 2 aromatic carbocycles. The summed E-state index contributed by atoms with van der Waals surface area (Å²) in [5.41, 5.74) is 1.22. The molecular weight excluding hydrogens is 523 g/mol. The molecule has 6 nitrogen and oxygen atoms in total. The molecule has 1 aliphatic carbocycles. The summed E-state index contributed by atoms with van der Waals surface area (Å²) in [7, 11) is -3.17. The second-order valence-electron chi connectivity index (χ2n) is 11.0. The van der Waals surface area contributed by atoms with Gasteiger partial charge < -0.3 is 10.0 Å². The van der Waals surface area contributed by atoms with Gasteiger partial charge in [-0.2, -0.15) is 10.6 Å². The second kappa shape index (κ2) is 11.8. The van der Waals surface area contributed by atoms with Crippen molar-refractivity contribution in [3.63, 3.8) is 0 Å². The van der Waals surface area contributed by atoms with Gasteiger partial charge in [-0.25, -0.2) is 4.39 Å². The van der Waals surface area contributed by atoms with Crippen LogP contribution < -0.4 is 10.2 Å². The quantitative estimate of drug-likeness (QED) is 0.195. The zero-order valence-corrected chi connectivity index (χ0v) is 24.3. The lowest BCUT2D eigenvalue weighted by Gasteiger charge is -2.42. The van der Waals surface area contributed by atoms with E-state index in [1.54, 1.807) is 23.9 Å². The van der Waals surface area contributed by atoms with Crippen LogP contribution in [0.3, 0.4) is 0 Å². The topological polar surface area (TPSA) is 93.0 Å². The molecule has 1 saturated carbocycles. The largest absolute Gasteiger partial charge is 0.480 e. The highest BCUT2D eigenvalue weighted by Gasteiger charge is 2.50. The molecule has 210 valence electrons. The van der Waals surface area contributed by atoms with Crippen LogP contribution in [0, 0.1) is 11.2 Å². The molecule has 38 heavy (non-hydrogen) atoms. The van der Waals surface area contributed by atoms with E-state index in [0.29, 0.717) is 30.8 Å². The Morgan fingerprint density at radius 3 is 2.26 bits per heavy atom. The highest BCUT2D eigenvalue weighted by molar-refractivity contribution is 8.24. The summed E-state index contributed by atoms with van der Waals surface area (Å²) in [5, 5.41) is 12.8. The standard InChI is InChI=1S/C29H41FN2O4S2/c1-4-6-12-28(13-7-5-2)19-32(23-10-8-22(30)9-11-23)24-17-25(37-3)21(16-26(24)38(35,36)20-28)18-31-29(14-15-29)27(33)34/h8-11,16-17,31,35-36H,4-7,12-15,18-20H2,1-3H3,(H,33,34). The fourth-order valence-corrected chi connectivity index (χ4v) is 8.45.